The molecule has 2 aliphatic rings. The van der Waals surface area contributed by atoms with E-state index in [-0.39, 0.29) is 44.0 Å². The number of ketones is 1. The molecule has 27 heavy (non-hydrogen) atoms. The molecule has 5 nitrogen and oxygen atoms in total. The molecule has 2 aromatic rings. The van der Waals surface area contributed by atoms with E-state index in [1.807, 2.05) is 48.5 Å². The molecule has 2 aromatic carbocycles. The Hall–Kier alpha value is -2.95. The van der Waals surface area contributed by atoms with E-state index in [2.05, 4.69) is 0 Å². The van der Waals surface area contributed by atoms with Crippen molar-refractivity contribution in [1.82, 2.24) is 0 Å². The maximum Gasteiger partial charge on any atom is 0.323 e. The van der Waals surface area contributed by atoms with Gasteiger partial charge in [0, 0.05) is 18.8 Å². The van der Waals surface area contributed by atoms with Gasteiger partial charge in [-0.15, -0.1) is 0 Å². The summed E-state index contributed by atoms with van der Waals surface area (Å²) in [4.78, 5) is 36.0. The quantitative estimate of drug-likeness (QED) is 0.663. The van der Waals surface area contributed by atoms with Crippen LogP contribution in [-0.4, -0.2) is 29.4 Å². The normalized spacial score (nSPS) is 17.9. The second-order valence-corrected chi connectivity index (χ2v) is 7.25. The number of rotatable bonds is 4. The second-order valence-electron chi connectivity index (χ2n) is 7.25. The van der Waals surface area contributed by atoms with Crippen LogP contribution in [0.25, 0.3) is 11.1 Å². The molecule has 0 unspecified atom stereocenters. The summed E-state index contributed by atoms with van der Waals surface area (Å²) in [5.74, 6) is -2.05. The molecule has 0 aromatic heterocycles. The minimum atomic E-state index is -1.61. The van der Waals surface area contributed by atoms with E-state index in [4.69, 9.17) is 4.74 Å². The number of benzene rings is 2. The monoisotopic (exact) mass is 364 g/mol. The van der Waals surface area contributed by atoms with Crippen LogP contribution in [0.5, 0.6) is 0 Å². The third-order valence-electron chi connectivity index (χ3n) is 5.81. The summed E-state index contributed by atoms with van der Waals surface area (Å²) in [5, 5.41) is 9.64. The van der Waals surface area contributed by atoms with Crippen molar-refractivity contribution < 1.29 is 24.2 Å². The molecule has 138 valence electrons. The summed E-state index contributed by atoms with van der Waals surface area (Å²) < 4.78 is 5.55. The van der Waals surface area contributed by atoms with Crippen LogP contribution < -0.4 is 0 Å². The van der Waals surface area contributed by atoms with E-state index >= 15 is 0 Å². The molecular formula is C22H20O5. The van der Waals surface area contributed by atoms with Gasteiger partial charge in [-0.05, 0) is 35.1 Å². The zero-order chi connectivity index (χ0) is 19.0. The lowest BCUT2D eigenvalue weighted by Gasteiger charge is -2.30. The van der Waals surface area contributed by atoms with Crippen LogP contribution in [-0.2, 0) is 19.1 Å². The Morgan fingerprint density at radius 3 is 2.00 bits per heavy atom. The van der Waals surface area contributed by atoms with Crippen molar-refractivity contribution in [3.8, 4) is 11.1 Å². The van der Waals surface area contributed by atoms with Crippen molar-refractivity contribution in [2.24, 2.45) is 5.41 Å². The van der Waals surface area contributed by atoms with E-state index in [0.717, 1.165) is 22.3 Å². The number of carboxylic acids is 1. The zero-order valence-electron chi connectivity index (χ0n) is 14.8. The highest BCUT2D eigenvalue weighted by Crippen LogP contribution is 2.45. The van der Waals surface area contributed by atoms with Gasteiger partial charge in [0.15, 0.2) is 5.41 Å². The van der Waals surface area contributed by atoms with Crippen molar-refractivity contribution in [2.45, 2.75) is 31.6 Å². The lowest BCUT2D eigenvalue weighted by molar-refractivity contribution is -0.171. The van der Waals surface area contributed by atoms with Gasteiger partial charge < -0.3 is 9.84 Å². The summed E-state index contributed by atoms with van der Waals surface area (Å²) in [6.07, 6.45) is 0.239. The molecule has 0 heterocycles. The van der Waals surface area contributed by atoms with Gasteiger partial charge in [-0.1, -0.05) is 48.5 Å². The number of carbonyl (C=O) groups is 3. The van der Waals surface area contributed by atoms with Gasteiger partial charge in [-0.3, -0.25) is 14.4 Å². The van der Waals surface area contributed by atoms with Crippen LogP contribution in [0.1, 0.15) is 42.7 Å². The fourth-order valence-electron chi connectivity index (χ4n) is 4.20. The first-order chi connectivity index (χ1) is 13.0. The van der Waals surface area contributed by atoms with E-state index in [0.29, 0.717) is 0 Å². The van der Waals surface area contributed by atoms with E-state index in [1.54, 1.807) is 0 Å². The van der Waals surface area contributed by atoms with Gasteiger partial charge in [0.2, 0.25) is 0 Å². The molecule has 0 radical (unpaired) electrons. The Kier molecular flexibility index (Phi) is 4.30. The summed E-state index contributed by atoms with van der Waals surface area (Å²) >= 11 is 0. The predicted octanol–water partition coefficient (Wildman–Crippen LogP) is 3.56. The van der Waals surface area contributed by atoms with Crippen molar-refractivity contribution in [2.75, 3.05) is 6.61 Å². The number of hydrogen-bond acceptors (Lipinski definition) is 4. The molecule has 2 aliphatic carbocycles. The maximum atomic E-state index is 12.7. The van der Waals surface area contributed by atoms with Gasteiger partial charge >= 0.3 is 11.9 Å². The molecule has 0 aliphatic heterocycles. The highest BCUT2D eigenvalue weighted by molar-refractivity contribution is 6.01. The molecule has 1 fully saturated rings. The first-order valence-corrected chi connectivity index (χ1v) is 9.13. The molecule has 0 saturated heterocycles. The maximum absolute atomic E-state index is 12.7. The Balaban J connectivity index is 1.57. The average Bonchev–Trinajstić information content (AvgIpc) is 3.00. The largest absolute Gasteiger partial charge is 0.480 e. The van der Waals surface area contributed by atoms with Gasteiger partial charge in [0.05, 0.1) is 0 Å². The van der Waals surface area contributed by atoms with Gasteiger partial charge in [0.1, 0.15) is 12.4 Å². The lowest BCUT2D eigenvalue weighted by Crippen LogP contribution is -2.44. The highest BCUT2D eigenvalue weighted by atomic mass is 16.5. The third kappa shape index (κ3) is 2.83. The molecule has 1 N–H and O–H groups in total. The summed E-state index contributed by atoms with van der Waals surface area (Å²) in [6.45, 7) is 0.0931. The van der Waals surface area contributed by atoms with Crippen molar-refractivity contribution in [3.63, 3.8) is 0 Å². The van der Waals surface area contributed by atoms with Crippen LogP contribution in [0.2, 0.25) is 0 Å². The molecule has 5 heteroatoms. The number of aliphatic carboxylic acids is 1. The van der Waals surface area contributed by atoms with Crippen LogP contribution >= 0.6 is 0 Å². The topological polar surface area (TPSA) is 80.7 Å². The first kappa shape index (κ1) is 17.5. The van der Waals surface area contributed by atoms with Gasteiger partial charge in [-0.25, -0.2) is 0 Å². The minimum Gasteiger partial charge on any atom is -0.480 e. The number of carbonyl (C=O) groups excluding carboxylic acids is 2. The van der Waals surface area contributed by atoms with Crippen LogP contribution in [0, 0.1) is 5.41 Å². The molecule has 0 atom stereocenters. The van der Waals surface area contributed by atoms with Crippen LogP contribution in [0.3, 0.4) is 0 Å². The molecular weight excluding hydrogens is 344 g/mol. The number of hydrogen-bond donors (Lipinski definition) is 1. The fourth-order valence-corrected chi connectivity index (χ4v) is 4.20. The molecule has 4 rings (SSSR count). The van der Waals surface area contributed by atoms with Gasteiger partial charge in [0.25, 0.3) is 0 Å². The lowest BCUT2D eigenvalue weighted by atomic mass is 9.73. The first-order valence-electron chi connectivity index (χ1n) is 9.13. The average molecular weight is 364 g/mol. The number of esters is 1. The fraction of sp³-hybridized carbons (Fsp3) is 0.318. The van der Waals surface area contributed by atoms with Crippen LogP contribution in [0.4, 0.5) is 0 Å². The Morgan fingerprint density at radius 2 is 1.48 bits per heavy atom. The summed E-state index contributed by atoms with van der Waals surface area (Å²) in [5.41, 5.74) is 2.78. The second kappa shape index (κ2) is 6.65. The predicted molar refractivity (Wildman–Crippen MR) is 98.2 cm³/mol. The molecule has 0 bridgehead atoms. The molecule has 1 saturated carbocycles. The van der Waals surface area contributed by atoms with E-state index in [1.165, 1.54) is 0 Å². The number of carboxylic acid groups (broad SMARTS) is 1. The molecule has 0 amide bonds. The smallest absolute Gasteiger partial charge is 0.323 e. The van der Waals surface area contributed by atoms with Crippen molar-refractivity contribution in [1.29, 1.82) is 0 Å². The third-order valence-corrected chi connectivity index (χ3v) is 5.81. The zero-order valence-corrected chi connectivity index (χ0v) is 14.8. The standard InChI is InChI=1S/C22H20O5/c23-14-9-11-22(12-10-14,20(24)25)21(26)27-13-19-17-7-3-1-5-15(17)16-6-2-4-8-18(16)19/h1-8,19H,9-13H2,(H,24,25). The Bertz CT molecular complexity index is 874. The van der Waals surface area contributed by atoms with Crippen molar-refractivity contribution >= 4 is 17.7 Å². The van der Waals surface area contributed by atoms with E-state index < -0.39 is 17.4 Å². The summed E-state index contributed by atoms with van der Waals surface area (Å²) in [7, 11) is 0. The van der Waals surface area contributed by atoms with Crippen LogP contribution in [0.15, 0.2) is 48.5 Å². The molecule has 0 spiro atoms. The number of Topliss-reactive ketones (excluding diaryl/α,β-unsaturated/α-hetero) is 1. The summed E-state index contributed by atoms with van der Waals surface area (Å²) in [6, 6.07) is 16.0. The Labute approximate surface area is 157 Å². The Morgan fingerprint density at radius 1 is 0.963 bits per heavy atom. The van der Waals surface area contributed by atoms with Crippen molar-refractivity contribution in [3.05, 3.63) is 59.7 Å². The number of fused-ring (bicyclic) bond motifs is 3. The number of ether oxygens (including phenoxy) is 1. The SMILES string of the molecule is O=C1CCC(C(=O)O)(C(=O)OCC2c3ccccc3-c3ccccc32)CC1. The highest BCUT2D eigenvalue weighted by Gasteiger charge is 2.50. The van der Waals surface area contributed by atoms with Gasteiger partial charge in [-0.2, -0.15) is 0 Å². The minimum absolute atomic E-state index is 0.00155. The van der Waals surface area contributed by atoms with E-state index in [9.17, 15) is 19.5 Å².